The van der Waals surface area contributed by atoms with Crippen LogP contribution in [-0.4, -0.2) is 81.4 Å². The Morgan fingerprint density at radius 3 is 3.00 bits per heavy atom. The van der Waals surface area contributed by atoms with Crippen molar-refractivity contribution in [1.82, 2.24) is 24.6 Å². The number of likely N-dealkylation sites (N-methyl/N-ethyl adjacent to an activating group) is 1. The molecular formula is C20H23N5O4S. The van der Waals surface area contributed by atoms with Crippen LogP contribution in [0, 0.1) is 0 Å². The van der Waals surface area contributed by atoms with Crippen molar-refractivity contribution in [2.75, 3.05) is 39.9 Å². The zero-order valence-electron chi connectivity index (χ0n) is 16.6. The molecule has 0 unspecified atom stereocenters. The topological polar surface area (TPSA) is 101 Å². The monoisotopic (exact) mass is 429 g/mol. The lowest BCUT2D eigenvalue weighted by molar-refractivity contribution is -0.139. The lowest BCUT2D eigenvalue weighted by Gasteiger charge is -2.33. The number of fused-ring (bicyclic) bond motifs is 1. The fourth-order valence-corrected chi connectivity index (χ4v) is 4.73. The van der Waals surface area contributed by atoms with Gasteiger partial charge in [-0.25, -0.2) is 4.98 Å². The second kappa shape index (κ2) is 8.90. The molecule has 1 saturated heterocycles. The Kier molecular flexibility index (Phi) is 6.07. The molecule has 3 aromatic rings. The van der Waals surface area contributed by atoms with E-state index in [-0.39, 0.29) is 31.5 Å². The van der Waals surface area contributed by atoms with Crippen molar-refractivity contribution in [3.63, 3.8) is 0 Å². The van der Waals surface area contributed by atoms with Crippen LogP contribution in [0.5, 0.6) is 0 Å². The van der Waals surface area contributed by atoms with Crippen molar-refractivity contribution in [3.8, 4) is 0 Å². The molecule has 4 rings (SSSR count). The zero-order chi connectivity index (χ0) is 21.1. The van der Waals surface area contributed by atoms with Gasteiger partial charge >= 0.3 is 0 Å². The minimum atomic E-state index is -0.431. The van der Waals surface area contributed by atoms with Gasteiger partial charge in [-0.05, 0) is 12.1 Å². The number of aromatic nitrogens is 3. The number of carbonyl (C=O) groups excluding carboxylic acids is 2. The number of hydrogen-bond acceptors (Lipinski definition) is 7. The molecule has 0 aliphatic carbocycles. The van der Waals surface area contributed by atoms with E-state index in [1.807, 2.05) is 12.1 Å². The number of morpholine rings is 1. The summed E-state index contributed by atoms with van der Waals surface area (Å²) < 4.78 is 7.61. The Labute approximate surface area is 177 Å². The predicted octanol–water partition coefficient (Wildman–Crippen LogP) is 1.16. The summed E-state index contributed by atoms with van der Waals surface area (Å²) >= 11 is 1.31. The highest BCUT2D eigenvalue weighted by molar-refractivity contribution is 7.20. The first-order chi connectivity index (χ1) is 14.6. The first-order valence-corrected chi connectivity index (χ1v) is 10.5. The summed E-state index contributed by atoms with van der Waals surface area (Å²) in [5, 5.41) is 14.2. The third-order valence-corrected chi connectivity index (χ3v) is 6.20. The molecule has 9 nitrogen and oxygen atoms in total. The van der Waals surface area contributed by atoms with Gasteiger partial charge in [-0.3, -0.25) is 14.3 Å². The number of nitrogens with zero attached hydrogens (tertiary/aromatic N) is 5. The molecule has 1 N–H and O–H groups in total. The van der Waals surface area contributed by atoms with Crippen molar-refractivity contribution in [2.45, 2.75) is 12.6 Å². The van der Waals surface area contributed by atoms with E-state index in [1.54, 1.807) is 41.3 Å². The maximum absolute atomic E-state index is 13.0. The van der Waals surface area contributed by atoms with Crippen LogP contribution in [0.3, 0.4) is 0 Å². The van der Waals surface area contributed by atoms with E-state index in [9.17, 15) is 14.7 Å². The summed E-state index contributed by atoms with van der Waals surface area (Å²) in [5.41, 5.74) is 0.759. The normalized spacial score (nSPS) is 16.7. The minimum Gasteiger partial charge on any atom is -0.395 e. The maximum Gasteiger partial charge on any atom is 0.264 e. The molecule has 158 valence electrons. The maximum atomic E-state index is 13.0. The van der Waals surface area contributed by atoms with Gasteiger partial charge in [0, 0.05) is 49.7 Å². The van der Waals surface area contributed by atoms with Crippen LogP contribution in [0.25, 0.3) is 10.2 Å². The van der Waals surface area contributed by atoms with Gasteiger partial charge in [0.15, 0.2) is 0 Å². The van der Waals surface area contributed by atoms with Crippen molar-refractivity contribution >= 4 is 33.4 Å². The van der Waals surface area contributed by atoms with Crippen LogP contribution >= 0.6 is 11.3 Å². The molecule has 1 atom stereocenters. The van der Waals surface area contributed by atoms with Crippen molar-refractivity contribution in [1.29, 1.82) is 0 Å². The number of thiophene rings is 1. The van der Waals surface area contributed by atoms with Crippen LogP contribution in [0.2, 0.25) is 0 Å². The largest absolute Gasteiger partial charge is 0.395 e. The number of pyridine rings is 1. The molecule has 0 spiro atoms. The lowest BCUT2D eigenvalue weighted by atomic mass is 10.0. The number of carbonyl (C=O) groups is 2. The molecule has 0 bridgehead atoms. The van der Waals surface area contributed by atoms with Crippen LogP contribution in [-0.2, 0) is 16.1 Å². The van der Waals surface area contributed by atoms with E-state index in [4.69, 9.17) is 4.74 Å². The molecule has 0 radical (unpaired) electrons. The standard InChI is InChI=1S/C20H23N5O4S/c1-23(8-10-26)20(28)18-17(14-4-2-5-21-19(14)30-18)15-12-24(9-11-29-15)16(27)13-25-7-3-6-22-25/h2-7,15,26H,8-13H2,1H3/t15-/m1/s1. The fourth-order valence-electron chi connectivity index (χ4n) is 3.54. The van der Waals surface area contributed by atoms with Gasteiger partial charge in [0.25, 0.3) is 5.91 Å². The predicted molar refractivity (Wildman–Crippen MR) is 111 cm³/mol. The van der Waals surface area contributed by atoms with Crippen LogP contribution in [0.15, 0.2) is 36.8 Å². The Bertz CT molecular complexity index is 1040. The van der Waals surface area contributed by atoms with E-state index in [0.717, 1.165) is 15.8 Å². The molecule has 2 amide bonds. The Morgan fingerprint density at radius 1 is 1.37 bits per heavy atom. The highest BCUT2D eigenvalue weighted by Crippen LogP contribution is 2.37. The minimum absolute atomic E-state index is 0.0464. The fraction of sp³-hybridized carbons (Fsp3) is 0.400. The van der Waals surface area contributed by atoms with E-state index >= 15 is 0 Å². The highest BCUT2D eigenvalue weighted by atomic mass is 32.1. The van der Waals surface area contributed by atoms with Crippen LogP contribution < -0.4 is 0 Å². The molecule has 10 heteroatoms. The van der Waals surface area contributed by atoms with E-state index in [1.165, 1.54) is 16.2 Å². The molecule has 3 aromatic heterocycles. The van der Waals surface area contributed by atoms with Crippen molar-refractivity contribution in [2.24, 2.45) is 0 Å². The molecule has 1 fully saturated rings. The van der Waals surface area contributed by atoms with Crippen LogP contribution in [0.4, 0.5) is 0 Å². The van der Waals surface area contributed by atoms with Gasteiger partial charge in [0.1, 0.15) is 22.4 Å². The second-order valence-electron chi connectivity index (χ2n) is 7.05. The summed E-state index contributed by atoms with van der Waals surface area (Å²) in [6.45, 7) is 1.51. The van der Waals surface area contributed by atoms with E-state index < -0.39 is 6.10 Å². The number of rotatable bonds is 6. The average molecular weight is 430 g/mol. The SMILES string of the molecule is CN(CCO)C(=O)c1sc2ncccc2c1[C@H]1CN(C(=O)Cn2cccn2)CCO1. The summed E-state index contributed by atoms with van der Waals surface area (Å²) in [7, 11) is 1.65. The second-order valence-corrected chi connectivity index (χ2v) is 8.05. The van der Waals surface area contributed by atoms with Gasteiger partial charge in [-0.2, -0.15) is 5.10 Å². The number of hydrogen-bond donors (Lipinski definition) is 1. The van der Waals surface area contributed by atoms with Crippen molar-refractivity contribution in [3.05, 3.63) is 47.2 Å². The Morgan fingerprint density at radius 2 is 2.23 bits per heavy atom. The third-order valence-electron chi connectivity index (χ3n) is 5.08. The number of amides is 2. The van der Waals surface area contributed by atoms with E-state index in [0.29, 0.717) is 24.6 Å². The quantitative estimate of drug-likeness (QED) is 0.631. The lowest BCUT2D eigenvalue weighted by Crippen LogP contribution is -2.44. The first kappa shape index (κ1) is 20.5. The number of ether oxygens (including phenoxy) is 1. The Hall–Kier alpha value is -2.82. The summed E-state index contributed by atoms with van der Waals surface area (Å²) in [6, 6.07) is 5.53. The van der Waals surface area contributed by atoms with E-state index in [2.05, 4.69) is 10.1 Å². The molecule has 0 saturated carbocycles. The van der Waals surface area contributed by atoms with Crippen LogP contribution in [0.1, 0.15) is 21.3 Å². The molecule has 4 heterocycles. The Balaban J connectivity index is 1.63. The van der Waals surface area contributed by atoms with Gasteiger partial charge in [0.05, 0.1) is 19.8 Å². The van der Waals surface area contributed by atoms with Crippen molar-refractivity contribution < 1.29 is 19.4 Å². The average Bonchev–Trinajstić information content (AvgIpc) is 3.41. The van der Waals surface area contributed by atoms with Gasteiger partial charge in [-0.15, -0.1) is 11.3 Å². The molecule has 30 heavy (non-hydrogen) atoms. The highest BCUT2D eigenvalue weighted by Gasteiger charge is 2.32. The van der Waals surface area contributed by atoms with Gasteiger partial charge in [0.2, 0.25) is 5.91 Å². The molecule has 1 aliphatic heterocycles. The molecule has 1 aliphatic rings. The molecule has 0 aromatic carbocycles. The zero-order valence-corrected chi connectivity index (χ0v) is 17.4. The molecular weight excluding hydrogens is 406 g/mol. The summed E-state index contributed by atoms with van der Waals surface area (Å²) in [5.74, 6) is -0.236. The van der Waals surface area contributed by atoms with Gasteiger partial charge in [-0.1, -0.05) is 6.07 Å². The number of aliphatic hydroxyl groups is 1. The smallest absolute Gasteiger partial charge is 0.264 e. The summed E-state index contributed by atoms with van der Waals surface area (Å²) in [6.07, 6.45) is 4.65. The van der Waals surface area contributed by atoms with Gasteiger partial charge < -0.3 is 19.6 Å². The number of aliphatic hydroxyl groups excluding tert-OH is 1. The third kappa shape index (κ3) is 4.07. The first-order valence-electron chi connectivity index (χ1n) is 9.69. The summed E-state index contributed by atoms with van der Waals surface area (Å²) in [4.78, 5) is 34.7.